The van der Waals surface area contributed by atoms with Crippen LogP contribution in [-0.4, -0.2) is 45.4 Å². The molecule has 1 aromatic rings. The maximum absolute atomic E-state index is 9.45. The molecular formula is C13H25N5O2. The summed E-state index contributed by atoms with van der Waals surface area (Å²) in [6.45, 7) is 9.15. The molecule has 0 saturated heterocycles. The predicted octanol–water partition coefficient (Wildman–Crippen LogP) is 1.67. The fourth-order valence-corrected chi connectivity index (χ4v) is 1.42. The summed E-state index contributed by atoms with van der Waals surface area (Å²) in [5, 5.41) is 15.6. The van der Waals surface area contributed by atoms with Crippen molar-refractivity contribution in [1.82, 2.24) is 15.0 Å². The van der Waals surface area contributed by atoms with Gasteiger partial charge in [0.15, 0.2) is 0 Å². The van der Waals surface area contributed by atoms with Crippen LogP contribution in [0.25, 0.3) is 0 Å². The first-order valence-corrected chi connectivity index (χ1v) is 7.08. The zero-order chi connectivity index (χ0) is 15.0. The zero-order valence-electron chi connectivity index (χ0n) is 12.7. The minimum atomic E-state index is -0.465. The maximum Gasteiger partial charge on any atom is 0.323 e. The SMILES string of the molecule is CCCOc1nc(NCC)nc(NC(C)(CC)CO)n1. The number of nitrogens with zero attached hydrogens (tertiary/aromatic N) is 3. The van der Waals surface area contributed by atoms with Crippen LogP contribution < -0.4 is 15.4 Å². The molecule has 1 rings (SSSR count). The third kappa shape index (κ3) is 4.80. The second-order valence-electron chi connectivity index (χ2n) is 4.84. The van der Waals surface area contributed by atoms with E-state index in [2.05, 4.69) is 25.6 Å². The van der Waals surface area contributed by atoms with Gasteiger partial charge in [-0.15, -0.1) is 0 Å². The second kappa shape index (κ2) is 7.84. The van der Waals surface area contributed by atoms with Gasteiger partial charge in [0, 0.05) is 6.54 Å². The van der Waals surface area contributed by atoms with E-state index in [4.69, 9.17) is 4.74 Å². The number of hydrogen-bond acceptors (Lipinski definition) is 7. The van der Waals surface area contributed by atoms with Crippen LogP contribution in [0, 0.1) is 0 Å². The molecule has 1 atom stereocenters. The molecule has 0 bridgehead atoms. The van der Waals surface area contributed by atoms with E-state index in [0.29, 0.717) is 25.0 Å². The summed E-state index contributed by atoms with van der Waals surface area (Å²) in [7, 11) is 0. The number of aliphatic hydroxyl groups is 1. The summed E-state index contributed by atoms with van der Waals surface area (Å²) in [4.78, 5) is 12.7. The van der Waals surface area contributed by atoms with E-state index < -0.39 is 5.54 Å². The lowest BCUT2D eigenvalue weighted by Gasteiger charge is -2.27. The van der Waals surface area contributed by atoms with Crippen LogP contribution in [0.4, 0.5) is 11.9 Å². The number of rotatable bonds is 9. The molecule has 1 unspecified atom stereocenters. The van der Waals surface area contributed by atoms with Crippen molar-refractivity contribution in [3.63, 3.8) is 0 Å². The molecule has 7 heteroatoms. The molecule has 0 spiro atoms. The Morgan fingerprint density at radius 1 is 1.15 bits per heavy atom. The van der Waals surface area contributed by atoms with Crippen LogP contribution in [0.3, 0.4) is 0 Å². The number of nitrogens with one attached hydrogen (secondary N) is 2. The number of hydrogen-bond donors (Lipinski definition) is 3. The van der Waals surface area contributed by atoms with E-state index in [1.165, 1.54) is 0 Å². The average molecular weight is 283 g/mol. The highest BCUT2D eigenvalue weighted by atomic mass is 16.5. The molecule has 0 amide bonds. The Bertz CT molecular complexity index is 410. The molecular weight excluding hydrogens is 258 g/mol. The highest BCUT2D eigenvalue weighted by Gasteiger charge is 2.22. The van der Waals surface area contributed by atoms with E-state index in [1.54, 1.807) is 0 Å². The smallest absolute Gasteiger partial charge is 0.323 e. The summed E-state index contributed by atoms with van der Waals surface area (Å²) >= 11 is 0. The molecule has 0 aliphatic rings. The Balaban J connectivity index is 2.95. The lowest BCUT2D eigenvalue weighted by atomic mass is 10.0. The molecule has 1 heterocycles. The highest BCUT2D eigenvalue weighted by molar-refractivity contribution is 5.37. The van der Waals surface area contributed by atoms with Crippen molar-refractivity contribution in [2.24, 2.45) is 0 Å². The number of anilines is 2. The van der Waals surface area contributed by atoms with Crippen molar-refractivity contribution >= 4 is 11.9 Å². The van der Waals surface area contributed by atoms with Crippen LogP contribution in [0.5, 0.6) is 6.01 Å². The zero-order valence-corrected chi connectivity index (χ0v) is 12.7. The highest BCUT2D eigenvalue weighted by Crippen LogP contribution is 2.18. The normalized spacial score (nSPS) is 13.7. The van der Waals surface area contributed by atoms with Gasteiger partial charge in [0.1, 0.15) is 0 Å². The first-order valence-electron chi connectivity index (χ1n) is 7.08. The van der Waals surface area contributed by atoms with Gasteiger partial charge in [0.05, 0.1) is 18.8 Å². The van der Waals surface area contributed by atoms with Gasteiger partial charge in [0.25, 0.3) is 0 Å². The van der Waals surface area contributed by atoms with E-state index in [9.17, 15) is 5.11 Å². The van der Waals surface area contributed by atoms with E-state index in [0.717, 1.165) is 12.8 Å². The van der Waals surface area contributed by atoms with Crippen LogP contribution in [-0.2, 0) is 0 Å². The van der Waals surface area contributed by atoms with Gasteiger partial charge in [-0.3, -0.25) is 0 Å². The summed E-state index contributed by atoms with van der Waals surface area (Å²) in [6.07, 6.45) is 1.63. The van der Waals surface area contributed by atoms with E-state index in [1.807, 2.05) is 27.7 Å². The Kier molecular flexibility index (Phi) is 6.44. The fraction of sp³-hybridized carbons (Fsp3) is 0.769. The van der Waals surface area contributed by atoms with Crippen molar-refractivity contribution in [3.05, 3.63) is 0 Å². The molecule has 0 aliphatic heterocycles. The van der Waals surface area contributed by atoms with Crippen LogP contribution >= 0.6 is 0 Å². The molecule has 0 fully saturated rings. The van der Waals surface area contributed by atoms with Gasteiger partial charge in [-0.2, -0.15) is 15.0 Å². The van der Waals surface area contributed by atoms with Crippen LogP contribution in [0.2, 0.25) is 0 Å². The molecule has 114 valence electrons. The quantitative estimate of drug-likeness (QED) is 0.634. The van der Waals surface area contributed by atoms with E-state index in [-0.39, 0.29) is 12.6 Å². The van der Waals surface area contributed by atoms with Crippen molar-refractivity contribution in [2.75, 3.05) is 30.4 Å². The van der Waals surface area contributed by atoms with E-state index >= 15 is 0 Å². The fourth-order valence-electron chi connectivity index (χ4n) is 1.42. The summed E-state index contributed by atoms with van der Waals surface area (Å²) in [6, 6.07) is 0.289. The van der Waals surface area contributed by atoms with Gasteiger partial charge >= 0.3 is 6.01 Å². The molecule has 0 saturated carbocycles. The summed E-state index contributed by atoms with van der Waals surface area (Å²) < 4.78 is 5.46. The van der Waals surface area contributed by atoms with Gasteiger partial charge in [-0.05, 0) is 26.7 Å². The van der Waals surface area contributed by atoms with Crippen molar-refractivity contribution in [2.45, 2.75) is 46.1 Å². The second-order valence-corrected chi connectivity index (χ2v) is 4.84. The monoisotopic (exact) mass is 283 g/mol. The lowest BCUT2D eigenvalue weighted by molar-refractivity contribution is 0.218. The standard InChI is InChI=1S/C13H25N5O2/c1-5-8-20-12-16-10(14-7-3)15-11(17-12)18-13(4,6-2)9-19/h19H,5-9H2,1-4H3,(H2,14,15,16,17,18). The number of aromatic nitrogens is 3. The molecule has 7 nitrogen and oxygen atoms in total. The summed E-state index contributed by atoms with van der Waals surface area (Å²) in [5.41, 5.74) is -0.465. The molecule has 3 N–H and O–H groups in total. The molecule has 0 aromatic carbocycles. The summed E-state index contributed by atoms with van der Waals surface area (Å²) in [5.74, 6) is 0.868. The largest absolute Gasteiger partial charge is 0.463 e. The Morgan fingerprint density at radius 2 is 1.85 bits per heavy atom. The van der Waals surface area contributed by atoms with Crippen molar-refractivity contribution in [1.29, 1.82) is 0 Å². The first kappa shape index (κ1) is 16.4. The lowest BCUT2D eigenvalue weighted by Crippen LogP contribution is -2.38. The minimum absolute atomic E-state index is 0.00310. The average Bonchev–Trinajstić information content (AvgIpc) is 2.45. The third-order valence-electron chi connectivity index (χ3n) is 2.93. The maximum atomic E-state index is 9.45. The van der Waals surface area contributed by atoms with Gasteiger partial charge in [-0.1, -0.05) is 13.8 Å². The number of ether oxygens (including phenoxy) is 1. The van der Waals surface area contributed by atoms with Gasteiger partial charge < -0.3 is 20.5 Å². The Morgan fingerprint density at radius 3 is 2.40 bits per heavy atom. The molecule has 1 aromatic heterocycles. The predicted molar refractivity (Wildman–Crippen MR) is 79.2 cm³/mol. The Hall–Kier alpha value is -1.63. The molecule has 0 aliphatic carbocycles. The van der Waals surface area contributed by atoms with Crippen LogP contribution in [0.15, 0.2) is 0 Å². The first-order chi connectivity index (χ1) is 9.56. The number of aliphatic hydroxyl groups excluding tert-OH is 1. The minimum Gasteiger partial charge on any atom is -0.463 e. The van der Waals surface area contributed by atoms with Crippen molar-refractivity contribution < 1.29 is 9.84 Å². The molecule has 0 radical (unpaired) electrons. The topological polar surface area (TPSA) is 92.2 Å². The molecule has 20 heavy (non-hydrogen) atoms. The van der Waals surface area contributed by atoms with Crippen LogP contribution in [0.1, 0.15) is 40.5 Å². The van der Waals surface area contributed by atoms with Gasteiger partial charge in [-0.25, -0.2) is 0 Å². The van der Waals surface area contributed by atoms with Crippen molar-refractivity contribution in [3.8, 4) is 6.01 Å². The van der Waals surface area contributed by atoms with Gasteiger partial charge in [0.2, 0.25) is 11.9 Å². The Labute approximate surface area is 120 Å². The third-order valence-corrected chi connectivity index (χ3v) is 2.93.